The van der Waals surface area contributed by atoms with E-state index in [2.05, 4.69) is 21.3 Å². The SMILES string of the molecule is N=C(N)NCCC[C@@H](NC(=O)[C@@H](N)Cc1ccccc1)C(=O)N[C@@H](CC1CCOCC1)C(=O)N[C@@H](CCCCN)C(N)=O. The zero-order valence-electron chi connectivity index (χ0n) is 24.8. The van der Waals surface area contributed by atoms with E-state index in [9.17, 15) is 19.2 Å². The van der Waals surface area contributed by atoms with Crippen LogP contribution in [0.4, 0.5) is 0 Å². The van der Waals surface area contributed by atoms with Gasteiger partial charge in [0.05, 0.1) is 6.04 Å². The Balaban J connectivity index is 2.17. The Hall–Kier alpha value is -3.75. The number of primary amides is 1. The highest BCUT2D eigenvalue weighted by Gasteiger charge is 2.32. The van der Waals surface area contributed by atoms with Gasteiger partial charge in [-0.25, -0.2) is 0 Å². The molecule has 2 rings (SSSR count). The molecule has 0 saturated carbocycles. The molecule has 1 aliphatic heterocycles. The van der Waals surface area contributed by atoms with Gasteiger partial charge in [-0.2, -0.15) is 0 Å². The van der Waals surface area contributed by atoms with Gasteiger partial charge in [0.2, 0.25) is 23.6 Å². The summed E-state index contributed by atoms with van der Waals surface area (Å²) in [7, 11) is 0. The van der Waals surface area contributed by atoms with Gasteiger partial charge in [0.15, 0.2) is 5.96 Å². The van der Waals surface area contributed by atoms with Crippen molar-refractivity contribution >= 4 is 29.6 Å². The Morgan fingerprint density at radius 1 is 0.860 bits per heavy atom. The molecule has 1 fully saturated rings. The van der Waals surface area contributed by atoms with E-state index in [-0.39, 0.29) is 24.7 Å². The molecule has 0 unspecified atom stereocenters. The lowest BCUT2D eigenvalue weighted by molar-refractivity contribution is -0.134. The Bertz CT molecular complexity index is 1040. The maximum Gasteiger partial charge on any atom is 0.243 e. The first kappa shape index (κ1) is 35.4. The number of ether oxygens (including phenoxy) is 1. The van der Waals surface area contributed by atoms with Gasteiger partial charge < -0.3 is 48.9 Å². The molecule has 4 amide bonds. The van der Waals surface area contributed by atoms with E-state index in [4.69, 9.17) is 33.1 Å². The van der Waals surface area contributed by atoms with Gasteiger partial charge in [0.25, 0.3) is 0 Å². The first-order chi connectivity index (χ1) is 20.6. The molecule has 1 heterocycles. The van der Waals surface area contributed by atoms with Gasteiger partial charge in [-0.05, 0) is 75.8 Å². The van der Waals surface area contributed by atoms with Crippen molar-refractivity contribution in [3.63, 3.8) is 0 Å². The molecule has 14 heteroatoms. The molecule has 0 aliphatic carbocycles. The number of amides is 4. The predicted octanol–water partition coefficient (Wildman–Crippen LogP) is -1.29. The second kappa shape index (κ2) is 19.4. The molecule has 240 valence electrons. The standard InChI is InChI=1S/C29H49N9O5/c30-13-5-4-9-22(25(32)39)36-28(42)24(18-20-11-15-43-16-12-20)38-27(41)23(10-6-14-35-29(33)34)37-26(40)21(31)17-19-7-2-1-3-8-19/h1-3,7-8,20-24H,4-6,9-18,30-31H2,(H2,32,39)(H,36,42)(H,37,40)(H,38,41)(H4,33,34,35)/t21-,22-,23+,24-/m0/s1. The highest BCUT2D eigenvalue weighted by atomic mass is 16.5. The quantitative estimate of drug-likeness (QED) is 0.0517. The van der Waals surface area contributed by atoms with Crippen molar-refractivity contribution < 1.29 is 23.9 Å². The van der Waals surface area contributed by atoms with Gasteiger partial charge in [-0.15, -0.1) is 0 Å². The van der Waals surface area contributed by atoms with Gasteiger partial charge in [0, 0.05) is 19.8 Å². The normalized spacial score (nSPS) is 16.2. The van der Waals surface area contributed by atoms with Crippen molar-refractivity contribution in [3.05, 3.63) is 35.9 Å². The number of carbonyl (C=O) groups is 4. The predicted molar refractivity (Wildman–Crippen MR) is 163 cm³/mol. The van der Waals surface area contributed by atoms with E-state index in [0.717, 1.165) is 18.4 Å². The van der Waals surface area contributed by atoms with E-state index < -0.39 is 47.8 Å². The number of carbonyl (C=O) groups excluding carboxylic acids is 4. The first-order valence-electron chi connectivity index (χ1n) is 15.0. The second-order valence-electron chi connectivity index (χ2n) is 10.9. The molecule has 0 aromatic heterocycles. The van der Waals surface area contributed by atoms with Crippen molar-refractivity contribution in [1.82, 2.24) is 21.3 Å². The van der Waals surface area contributed by atoms with Crippen molar-refractivity contribution in [2.24, 2.45) is 28.9 Å². The molecule has 1 aromatic carbocycles. The maximum atomic E-state index is 13.6. The number of hydrogen-bond donors (Lipinski definition) is 9. The van der Waals surface area contributed by atoms with Crippen LogP contribution in [0.5, 0.6) is 0 Å². The number of benzene rings is 1. The van der Waals surface area contributed by atoms with Crippen molar-refractivity contribution in [3.8, 4) is 0 Å². The third-order valence-electron chi connectivity index (χ3n) is 7.40. The largest absolute Gasteiger partial charge is 0.381 e. The lowest BCUT2D eigenvalue weighted by atomic mass is 9.91. The van der Waals surface area contributed by atoms with E-state index in [1.165, 1.54) is 0 Å². The highest BCUT2D eigenvalue weighted by molar-refractivity contribution is 5.94. The van der Waals surface area contributed by atoms with E-state index in [0.29, 0.717) is 58.4 Å². The summed E-state index contributed by atoms with van der Waals surface area (Å²) in [5.41, 5.74) is 23.5. The summed E-state index contributed by atoms with van der Waals surface area (Å²) >= 11 is 0. The summed E-state index contributed by atoms with van der Waals surface area (Å²) in [4.78, 5) is 52.2. The third kappa shape index (κ3) is 13.8. The summed E-state index contributed by atoms with van der Waals surface area (Å²) in [6, 6.07) is 5.50. The van der Waals surface area contributed by atoms with Gasteiger partial charge in [-0.3, -0.25) is 24.6 Å². The van der Waals surface area contributed by atoms with Crippen LogP contribution in [0, 0.1) is 11.3 Å². The fourth-order valence-corrected chi connectivity index (χ4v) is 4.91. The molecule has 1 aromatic rings. The molecular formula is C29H49N9O5. The molecule has 1 saturated heterocycles. The Kier molecular flexibility index (Phi) is 16.0. The van der Waals surface area contributed by atoms with E-state index >= 15 is 0 Å². The number of nitrogens with one attached hydrogen (secondary N) is 5. The van der Waals surface area contributed by atoms with Gasteiger partial charge in [0.1, 0.15) is 18.1 Å². The fourth-order valence-electron chi connectivity index (χ4n) is 4.91. The number of hydrogen-bond acceptors (Lipinski definition) is 8. The van der Waals surface area contributed by atoms with Crippen LogP contribution in [0.2, 0.25) is 0 Å². The summed E-state index contributed by atoms with van der Waals surface area (Å²) in [6.07, 6.45) is 4.26. The molecule has 43 heavy (non-hydrogen) atoms. The zero-order chi connectivity index (χ0) is 31.6. The average molecular weight is 604 g/mol. The lowest BCUT2D eigenvalue weighted by Crippen LogP contribution is -2.58. The second-order valence-corrected chi connectivity index (χ2v) is 10.9. The summed E-state index contributed by atoms with van der Waals surface area (Å²) in [5.74, 6) is -2.37. The fraction of sp³-hybridized carbons (Fsp3) is 0.621. The summed E-state index contributed by atoms with van der Waals surface area (Å²) < 4.78 is 5.44. The number of unbranched alkanes of at least 4 members (excludes halogenated alkanes) is 1. The molecule has 0 radical (unpaired) electrons. The summed E-state index contributed by atoms with van der Waals surface area (Å²) in [5, 5.41) is 18.3. The Morgan fingerprint density at radius 2 is 1.47 bits per heavy atom. The Labute approximate surface area is 253 Å². The van der Waals surface area contributed by atoms with Crippen LogP contribution in [0.1, 0.15) is 56.9 Å². The Morgan fingerprint density at radius 3 is 2.09 bits per heavy atom. The van der Waals surface area contributed by atoms with Crippen LogP contribution in [-0.4, -0.2) is 80.1 Å². The maximum absolute atomic E-state index is 13.6. The minimum absolute atomic E-state index is 0.112. The van der Waals surface area contributed by atoms with Crippen molar-refractivity contribution in [1.29, 1.82) is 5.41 Å². The van der Waals surface area contributed by atoms with Crippen LogP contribution >= 0.6 is 0 Å². The van der Waals surface area contributed by atoms with Crippen LogP contribution in [0.3, 0.4) is 0 Å². The topological polar surface area (TPSA) is 254 Å². The van der Waals surface area contributed by atoms with Crippen LogP contribution in [0.25, 0.3) is 0 Å². The molecule has 0 bridgehead atoms. The zero-order valence-corrected chi connectivity index (χ0v) is 24.8. The monoisotopic (exact) mass is 603 g/mol. The lowest BCUT2D eigenvalue weighted by Gasteiger charge is -2.29. The minimum Gasteiger partial charge on any atom is -0.381 e. The molecule has 14 nitrogen and oxygen atoms in total. The smallest absolute Gasteiger partial charge is 0.243 e. The van der Waals surface area contributed by atoms with Gasteiger partial charge in [-0.1, -0.05) is 30.3 Å². The number of rotatable bonds is 19. The average Bonchev–Trinajstić information content (AvgIpc) is 2.98. The molecular weight excluding hydrogens is 554 g/mol. The molecule has 4 atom stereocenters. The van der Waals surface area contributed by atoms with Crippen LogP contribution in [0.15, 0.2) is 30.3 Å². The molecule has 1 aliphatic rings. The van der Waals surface area contributed by atoms with Crippen LogP contribution < -0.4 is 44.2 Å². The van der Waals surface area contributed by atoms with Crippen molar-refractivity contribution in [2.75, 3.05) is 26.3 Å². The molecule has 0 spiro atoms. The minimum atomic E-state index is -1.01. The third-order valence-corrected chi connectivity index (χ3v) is 7.40. The number of nitrogens with two attached hydrogens (primary N) is 4. The van der Waals surface area contributed by atoms with Crippen molar-refractivity contribution in [2.45, 2.75) is 82.0 Å². The van der Waals surface area contributed by atoms with E-state index in [1.54, 1.807) is 0 Å². The van der Waals surface area contributed by atoms with Gasteiger partial charge >= 0.3 is 0 Å². The van der Waals surface area contributed by atoms with Crippen LogP contribution in [-0.2, 0) is 30.3 Å². The highest BCUT2D eigenvalue weighted by Crippen LogP contribution is 2.21. The molecule has 13 N–H and O–H groups in total. The number of guanidine groups is 1. The first-order valence-corrected chi connectivity index (χ1v) is 15.0. The van der Waals surface area contributed by atoms with E-state index in [1.807, 2.05) is 30.3 Å². The summed E-state index contributed by atoms with van der Waals surface area (Å²) in [6.45, 7) is 1.86.